The van der Waals surface area contributed by atoms with Crippen LogP contribution in [-0.2, 0) is 0 Å². The first-order valence-corrected chi connectivity index (χ1v) is 18.3. The van der Waals surface area contributed by atoms with Crippen LogP contribution in [0, 0.1) is 0 Å². The van der Waals surface area contributed by atoms with Crippen LogP contribution >= 0.6 is 0 Å². The van der Waals surface area contributed by atoms with Crippen molar-refractivity contribution in [3.63, 3.8) is 0 Å². The van der Waals surface area contributed by atoms with Gasteiger partial charge in [-0.15, -0.1) is 0 Å². The number of fused-ring (bicyclic) bond motifs is 9. The highest BCUT2D eigenvalue weighted by Crippen LogP contribution is 2.44. The average molecular weight is 689 g/mol. The molecular weight excluding hydrogens is 657 g/mol. The summed E-state index contributed by atoms with van der Waals surface area (Å²) in [6.45, 7) is 0. The van der Waals surface area contributed by atoms with Crippen LogP contribution in [0.5, 0.6) is 0 Å². The van der Waals surface area contributed by atoms with E-state index in [4.69, 9.17) is 9.97 Å². The number of hydrogen-bond donors (Lipinski definition) is 0. The van der Waals surface area contributed by atoms with Crippen molar-refractivity contribution in [3.05, 3.63) is 194 Å². The van der Waals surface area contributed by atoms with Gasteiger partial charge in [-0.1, -0.05) is 158 Å². The maximum absolute atomic E-state index is 5.36. The minimum Gasteiger partial charge on any atom is -0.309 e. The fourth-order valence-electron chi connectivity index (χ4n) is 8.29. The van der Waals surface area contributed by atoms with E-state index in [1.165, 1.54) is 49.1 Å². The Morgan fingerprint density at radius 3 is 1.61 bits per heavy atom. The Hall–Kier alpha value is -7.30. The van der Waals surface area contributed by atoms with E-state index in [-0.39, 0.29) is 0 Å². The van der Waals surface area contributed by atoms with Crippen molar-refractivity contribution in [2.45, 2.75) is 0 Å². The summed E-state index contributed by atoms with van der Waals surface area (Å²) in [5, 5.41) is 7.29. The second-order valence-electron chi connectivity index (χ2n) is 13.8. The van der Waals surface area contributed by atoms with Crippen LogP contribution in [0.25, 0.3) is 99.7 Å². The summed E-state index contributed by atoms with van der Waals surface area (Å²) in [6, 6.07) is 68.9. The standard InChI is InChI=1S/C50H32N4/c1-4-14-33(15-5-1)34-24-26-37(27-25-34)43-32-42(36-17-6-2-7-18-36)51-50(52-43)54-44-23-13-12-22-40(44)48-46(54)31-29-41-47-39-21-11-10-16-35(39)28-30-45(47)53(49(41)48)38-19-8-3-9-20-38/h1-32H. The van der Waals surface area contributed by atoms with Crippen LogP contribution in [-0.4, -0.2) is 19.1 Å². The van der Waals surface area contributed by atoms with E-state index in [1.54, 1.807) is 0 Å². The lowest BCUT2D eigenvalue weighted by molar-refractivity contribution is 0.996. The van der Waals surface area contributed by atoms with Crippen molar-refractivity contribution in [1.82, 2.24) is 19.1 Å². The van der Waals surface area contributed by atoms with E-state index in [0.29, 0.717) is 5.95 Å². The molecule has 0 aliphatic heterocycles. The third-order valence-corrected chi connectivity index (χ3v) is 10.7. The molecular formula is C50H32N4. The average Bonchev–Trinajstić information content (AvgIpc) is 3.78. The summed E-state index contributed by atoms with van der Waals surface area (Å²) >= 11 is 0. The summed E-state index contributed by atoms with van der Waals surface area (Å²) in [5.41, 5.74) is 11.8. The van der Waals surface area contributed by atoms with Crippen LogP contribution in [0.3, 0.4) is 0 Å². The van der Waals surface area contributed by atoms with Crippen molar-refractivity contribution in [1.29, 1.82) is 0 Å². The molecule has 4 heteroatoms. The molecule has 11 rings (SSSR count). The summed E-state index contributed by atoms with van der Waals surface area (Å²) < 4.78 is 4.70. The topological polar surface area (TPSA) is 35.6 Å². The smallest absolute Gasteiger partial charge is 0.235 e. The molecule has 3 aromatic heterocycles. The first-order chi connectivity index (χ1) is 26.8. The maximum Gasteiger partial charge on any atom is 0.235 e. The molecule has 8 aromatic carbocycles. The van der Waals surface area contributed by atoms with Crippen molar-refractivity contribution >= 4 is 54.4 Å². The van der Waals surface area contributed by atoms with Crippen LogP contribution in [0.4, 0.5) is 0 Å². The second kappa shape index (κ2) is 12.1. The molecule has 0 saturated heterocycles. The fourth-order valence-corrected chi connectivity index (χ4v) is 8.29. The van der Waals surface area contributed by atoms with E-state index in [2.05, 4.69) is 191 Å². The normalized spacial score (nSPS) is 11.7. The van der Waals surface area contributed by atoms with Crippen LogP contribution in [0.15, 0.2) is 194 Å². The van der Waals surface area contributed by atoms with E-state index in [9.17, 15) is 0 Å². The molecule has 11 aromatic rings. The third-order valence-electron chi connectivity index (χ3n) is 10.7. The molecule has 3 heterocycles. The molecule has 4 nitrogen and oxygen atoms in total. The number of nitrogens with zero attached hydrogens (tertiary/aromatic N) is 4. The molecule has 252 valence electrons. The molecule has 0 atom stereocenters. The Morgan fingerprint density at radius 2 is 0.870 bits per heavy atom. The largest absolute Gasteiger partial charge is 0.309 e. The monoisotopic (exact) mass is 688 g/mol. The molecule has 0 radical (unpaired) electrons. The summed E-state index contributed by atoms with van der Waals surface area (Å²) in [6.07, 6.45) is 0. The molecule has 0 amide bonds. The van der Waals surface area contributed by atoms with Gasteiger partial charge in [0.15, 0.2) is 0 Å². The molecule has 0 aliphatic carbocycles. The van der Waals surface area contributed by atoms with Gasteiger partial charge in [0, 0.05) is 38.4 Å². The van der Waals surface area contributed by atoms with Gasteiger partial charge in [0.1, 0.15) is 0 Å². The molecule has 0 bridgehead atoms. The quantitative estimate of drug-likeness (QED) is 0.180. The lowest BCUT2D eigenvalue weighted by Crippen LogP contribution is -2.04. The van der Waals surface area contributed by atoms with Crippen molar-refractivity contribution in [2.24, 2.45) is 0 Å². The molecule has 0 N–H and O–H groups in total. The zero-order valence-corrected chi connectivity index (χ0v) is 29.3. The van der Waals surface area contributed by atoms with Gasteiger partial charge >= 0.3 is 0 Å². The number of para-hydroxylation sites is 2. The first kappa shape index (κ1) is 30.3. The summed E-state index contributed by atoms with van der Waals surface area (Å²) in [5.74, 6) is 0.636. The number of aromatic nitrogens is 4. The number of benzene rings is 8. The zero-order chi connectivity index (χ0) is 35.6. The van der Waals surface area contributed by atoms with Crippen molar-refractivity contribution < 1.29 is 0 Å². The fraction of sp³-hybridized carbons (Fsp3) is 0. The second-order valence-corrected chi connectivity index (χ2v) is 13.8. The lowest BCUT2D eigenvalue weighted by Gasteiger charge is -2.12. The highest BCUT2D eigenvalue weighted by atomic mass is 15.2. The van der Waals surface area contributed by atoms with Crippen LogP contribution in [0.1, 0.15) is 0 Å². The molecule has 0 fully saturated rings. The SMILES string of the molecule is c1ccc(-c2ccc(-c3cc(-c4ccccc4)nc(-n4c5ccccc5c5c4ccc4c6c7ccccc7ccc6n(-c6ccccc6)c45)n3)cc2)cc1. The highest BCUT2D eigenvalue weighted by Gasteiger charge is 2.23. The minimum absolute atomic E-state index is 0.636. The minimum atomic E-state index is 0.636. The Bertz CT molecular complexity index is 3180. The zero-order valence-electron chi connectivity index (χ0n) is 29.3. The molecule has 0 aliphatic rings. The van der Waals surface area contributed by atoms with Gasteiger partial charge in [0.2, 0.25) is 5.95 Å². The summed E-state index contributed by atoms with van der Waals surface area (Å²) in [7, 11) is 0. The Labute approximate surface area is 311 Å². The Kier molecular flexibility index (Phi) is 6.82. The van der Waals surface area contributed by atoms with Crippen LogP contribution < -0.4 is 0 Å². The van der Waals surface area contributed by atoms with Crippen LogP contribution in [0.2, 0.25) is 0 Å². The van der Waals surface area contributed by atoms with Gasteiger partial charge in [0.05, 0.1) is 33.5 Å². The third kappa shape index (κ3) is 4.70. The first-order valence-electron chi connectivity index (χ1n) is 18.3. The van der Waals surface area contributed by atoms with E-state index >= 15 is 0 Å². The predicted octanol–water partition coefficient (Wildman–Crippen LogP) is 12.8. The van der Waals surface area contributed by atoms with E-state index in [1.807, 2.05) is 12.1 Å². The highest BCUT2D eigenvalue weighted by molar-refractivity contribution is 6.30. The van der Waals surface area contributed by atoms with Gasteiger partial charge in [-0.25, -0.2) is 9.97 Å². The number of hydrogen-bond acceptors (Lipinski definition) is 2. The molecule has 0 saturated carbocycles. The molecule has 0 spiro atoms. The molecule has 54 heavy (non-hydrogen) atoms. The van der Waals surface area contributed by atoms with Gasteiger partial charge in [0.25, 0.3) is 0 Å². The Morgan fingerprint density at radius 1 is 0.333 bits per heavy atom. The van der Waals surface area contributed by atoms with Gasteiger partial charge in [-0.3, -0.25) is 4.57 Å². The maximum atomic E-state index is 5.36. The van der Waals surface area contributed by atoms with Gasteiger partial charge in [-0.2, -0.15) is 0 Å². The van der Waals surface area contributed by atoms with Crippen molar-refractivity contribution in [3.8, 4) is 45.3 Å². The van der Waals surface area contributed by atoms with Crippen molar-refractivity contribution in [2.75, 3.05) is 0 Å². The predicted molar refractivity (Wildman–Crippen MR) is 225 cm³/mol. The van der Waals surface area contributed by atoms with Gasteiger partial charge < -0.3 is 4.57 Å². The lowest BCUT2D eigenvalue weighted by atomic mass is 10.0. The molecule has 0 unspecified atom stereocenters. The van der Waals surface area contributed by atoms with E-state index < -0.39 is 0 Å². The Balaban J connectivity index is 1.22. The summed E-state index contributed by atoms with van der Waals surface area (Å²) in [4.78, 5) is 10.7. The number of rotatable bonds is 5. The van der Waals surface area contributed by atoms with E-state index in [0.717, 1.165) is 44.6 Å². The van der Waals surface area contributed by atoms with Gasteiger partial charge in [-0.05, 0) is 58.3 Å².